The van der Waals surface area contributed by atoms with Crippen LogP contribution in [0, 0.1) is 0 Å². The van der Waals surface area contributed by atoms with Crippen LogP contribution in [0.1, 0.15) is 35.7 Å². The van der Waals surface area contributed by atoms with Gasteiger partial charge in [0.05, 0.1) is 12.2 Å². The summed E-state index contributed by atoms with van der Waals surface area (Å²) in [5.41, 5.74) is 0.165. The number of hydrogen-bond acceptors (Lipinski definition) is 4. The average molecular weight is 304 g/mol. The van der Waals surface area contributed by atoms with Crippen LogP contribution in [-0.4, -0.2) is 14.8 Å². The Morgan fingerprint density at radius 2 is 2.20 bits per heavy atom. The number of alkyl halides is 3. The Morgan fingerprint density at radius 3 is 2.70 bits per heavy atom. The molecular formula is C12H15F3N4S. The minimum Gasteiger partial charge on any atom is -0.304 e. The van der Waals surface area contributed by atoms with Crippen LogP contribution in [0.4, 0.5) is 13.2 Å². The summed E-state index contributed by atoms with van der Waals surface area (Å²) in [6, 6.07) is -0.184. The number of aromatic nitrogens is 3. The fourth-order valence-corrected chi connectivity index (χ4v) is 2.77. The van der Waals surface area contributed by atoms with Crippen molar-refractivity contribution in [3.05, 3.63) is 34.0 Å². The van der Waals surface area contributed by atoms with Crippen molar-refractivity contribution in [3.8, 4) is 0 Å². The van der Waals surface area contributed by atoms with Crippen LogP contribution in [0.3, 0.4) is 0 Å². The Kier molecular flexibility index (Phi) is 4.44. The van der Waals surface area contributed by atoms with E-state index in [-0.39, 0.29) is 6.04 Å². The van der Waals surface area contributed by atoms with Crippen molar-refractivity contribution >= 4 is 11.3 Å². The Bertz CT molecular complexity index is 561. The second kappa shape index (κ2) is 5.92. The Morgan fingerprint density at radius 1 is 1.45 bits per heavy atom. The lowest BCUT2D eigenvalue weighted by Crippen LogP contribution is -2.20. The van der Waals surface area contributed by atoms with Gasteiger partial charge in [-0.15, -0.1) is 11.3 Å². The van der Waals surface area contributed by atoms with E-state index in [0.717, 1.165) is 22.3 Å². The first kappa shape index (κ1) is 15.0. The molecular weight excluding hydrogens is 289 g/mol. The molecule has 0 saturated carbocycles. The quantitative estimate of drug-likeness (QED) is 0.923. The van der Waals surface area contributed by atoms with E-state index >= 15 is 0 Å². The van der Waals surface area contributed by atoms with Gasteiger partial charge in [0.15, 0.2) is 5.69 Å². The number of halogens is 3. The van der Waals surface area contributed by atoms with Gasteiger partial charge in [-0.3, -0.25) is 4.68 Å². The molecule has 8 heteroatoms. The van der Waals surface area contributed by atoms with E-state index in [1.165, 1.54) is 0 Å². The van der Waals surface area contributed by atoms with E-state index in [4.69, 9.17) is 0 Å². The summed E-state index contributed by atoms with van der Waals surface area (Å²) in [4.78, 5) is 3.68. The molecule has 0 aromatic carbocycles. The van der Waals surface area contributed by atoms with Crippen LogP contribution < -0.4 is 5.32 Å². The first-order chi connectivity index (χ1) is 9.40. The monoisotopic (exact) mass is 304 g/mol. The summed E-state index contributed by atoms with van der Waals surface area (Å²) < 4.78 is 39.3. The molecule has 2 rings (SSSR count). The smallest absolute Gasteiger partial charge is 0.304 e. The number of rotatable bonds is 5. The lowest BCUT2D eigenvalue weighted by molar-refractivity contribution is -0.140. The van der Waals surface area contributed by atoms with Crippen molar-refractivity contribution in [1.82, 2.24) is 20.1 Å². The van der Waals surface area contributed by atoms with Gasteiger partial charge in [0.2, 0.25) is 0 Å². The van der Waals surface area contributed by atoms with Gasteiger partial charge in [-0.25, -0.2) is 4.98 Å². The van der Waals surface area contributed by atoms with Gasteiger partial charge in [-0.2, -0.15) is 18.3 Å². The maximum absolute atomic E-state index is 12.5. The number of nitrogens with one attached hydrogen (secondary N) is 1. The van der Waals surface area contributed by atoms with Gasteiger partial charge >= 0.3 is 6.18 Å². The predicted octanol–water partition coefficient (Wildman–Crippen LogP) is 3.14. The van der Waals surface area contributed by atoms with Crippen molar-refractivity contribution in [1.29, 1.82) is 0 Å². The zero-order chi connectivity index (χ0) is 14.8. The number of thiazole rings is 1. The normalized spacial score (nSPS) is 13.7. The van der Waals surface area contributed by atoms with Gasteiger partial charge in [0, 0.05) is 30.7 Å². The van der Waals surface area contributed by atoms with Crippen molar-refractivity contribution in [3.63, 3.8) is 0 Å². The third-order valence-corrected chi connectivity index (χ3v) is 3.79. The van der Waals surface area contributed by atoms with Crippen LogP contribution in [0.25, 0.3) is 0 Å². The fraction of sp³-hybridized carbons (Fsp3) is 0.500. The molecule has 2 heterocycles. The summed E-state index contributed by atoms with van der Waals surface area (Å²) in [6.07, 6.45) is -0.118. The number of hydrogen-bond donors (Lipinski definition) is 1. The molecule has 1 atom stereocenters. The Hall–Kier alpha value is -1.41. The highest BCUT2D eigenvalue weighted by Gasteiger charge is 2.34. The van der Waals surface area contributed by atoms with Gasteiger partial charge < -0.3 is 5.32 Å². The fourth-order valence-electron chi connectivity index (χ4n) is 1.79. The minimum absolute atomic E-state index is 0.184. The molecule has 0 aliphatic heterocycles. The molecule has 0 saturated heterocycles. The van der Waals surface area contributed by atoms with E-state index in [2.05, 4.69) is 15.4 Å². The minimum atomic E-state index is -4.38. The second-order valence-electron chi connectivity index (χ2n) is 4.43. The van der Waals surface area contributed by atoms with Crippen molar-refractivity contribution in [2.24, 2.45) is 7.05 Å². The Balaban J connectivity index is 2.03. The molecule has 0 bridgehead atoms. The van der Waals surface area contributed by atoms with Crippen LogP contribution >= 0.6 is 11.3 Å². The first-order valence-electron chi connectivity index (χ1n) is 6.13. The van der Waals surface area contributed by atoms with E-state index in [1.807, 2.05) is 20.2 Å². The lowest BCUT2D eigenvalue weighted by Gasteiger charge is -2.13. The van der Waals surface area contributed by atoms with Crippen molar-refractivity contribution in [2.45, 2.75) is 32.1 Å². The third-order valence-electron chi connectivity index (χ3n) is 2.83. The Labute approximate surface area is 118 Å². The summed E-state index contributed by atoms with van der Waals surface area (Å²) >= 11 is 1.04. The number of nitrogens with zero attached hydrogens (tertiary/aromatic N) is 3. The highest BCUT2D eigenvalue weighted by Crippen LogP contribution is 2.32. The van der Waals surface area contributed by atoms with Gasteiger partial charge in [0.25, 0.3) is 0 Å². The molecule has 4 nitrogen and oxygen atoms in total. The largest absolute Gasteiger partial charge is 0.434 e. The van der Waals surface area contributed by atoms with Crippen LogP contribution in [0.5, 0.6) is 0 Å². The zero-order valence-electron chi connectivity index (χ0n) is 11.1. The van der Waals surface area contributed by atoms with Crippen LogP contribution in [0.15, 0.2) is 17.8 Å². The summed E-state index contributed by atoms with van der Waals surface area (Å²) in [5, 5.41) is 8.77. The van der Waals surface area contributed by atoms with E-state index in [0.29, 0.717) is 18.0 Å². The average Bonchev–Trinajstić information content (AvgIpc) is 2.99. The van der Waals surface area contributed by atoms with E-state index in [1.54, 1.807) is 10.9 Å². The summed E-state index contributed by atoms with van der Waals surface area (Å²) in [7, 11) is 1.82. The first-order valence-corrected chi connectivity index (χ1v) is 7.01. The molecule has 1 N–H and O–H groups in total. The molecule has 110 valence electrons. The maximum Gasteiger partial charge on any atom is 0.434 e. The second-order valence-corrected chi connectivity index (χ2v) is 5.32. The summed E-state index contributed by atoms with van der Waals surface area (Å²) in [5.74, 6) is 0. The van der Waals surface area contributed by atoms with Gasteiger partial charge in [0.1, 0.15) is 5.01 Å². The molecule has 0 amide bonds. The molecule has 0 aliphatic rings. The molecule has 20 heavy (non-hydrogen) atoms. The highest BCUT2D eigenvalue weighted by atomic mass is 32.1. The molecule has 0 unspecified atom stereocenters. The number of aryl methyl sites for hydroxylation is 1. The molecule has 0 radical (unpaired) electrons. The highest BCUT2D eigenvalue weighted by molar-refractivity contribution is 7.09. The maximum atomic E-state index is 12.5. The van der Waals surface area contributed by atoms with E-state index in [9.17, 15) is 13.2 Å². The third kappa shape index (κ3) is 3.57. The molecule has 0 spiro atoms. The van der Waals surface area contributed by atoms with Crippen LogP contribution in [-0.2, 0) is 19.8 Å². The zero-order valence-corrected chi connectivity index (χ0v) is 11.9. The predicted molar refractivity (Wildman–Crippen MR) is 70.2 cm³/mol. The van der Waals surface area contributed by atoms with E-state index < -0.39 is 11.9 Å². The van der Waals surface area contributed by atoms with Crippen LogP contribution in [0.2, 0.25) is 0 Å². The molecule has 2 aromatic rings. The van der Waals surface area contributed by atoms with Gasteiger partial charge in [-0.05, 0) is 6.42 Å². The molecule has 2 aromatic heterocycles. The SMILES string of the molecule is CC[C@@H](NCc1cnn(C)c1)c1nc(C(F)(F)F)cs1. The topological polar surface area (TPSA) is 42.7 Å². The standard InChI is InChI=1S/C12H15F3N4S/c1-3-9(16-4-8-5-17-19(2)6-8)11-18-10(7-20-11)12(13,14)15/h5-7,9,16H,3-4H2,1-2H3/t9-/m1/s1. The lowest BCUT2D eigenvalue weighted by atomic mass is 10.2. The molecule has 0 fully saturated rings. The van der Waals surface area contributed by atoms with Crippen molar-refractivity contribution < 1.29 is 13.2 Å². The van der Waals surface area contributed by atoms with Crippen molar-refractivity contribution in [2.75, 3.05) is 0 Å². The molecule has 0 aliphatic carbocycles. The van der Waals surface area contributed by atoms with Gasteiger partial charge in [-0.1, -0.05) is 6.92 Å². The summed E-state index contributed by atoms with van der Waals surface area (Å²) in [6.45, 7) is 2.46.